The van der Waals surface area contributed by atoms with Crippen molar-refractivity contribution in [1.29, 1.82) is 0 Å². The van der Waals surface area contributed by atoms with Gasteiger partial charge in [0.2, 0.25) is 5.96 Å². The Morgan fingerprint density at radius 2 is 2.64 bits per heavy atom. The molecule has 0 N–H and O–H groups in total. The number of guanidine groups is 1. The highest BCUT2D eigenvalue weighted by atomic mass is 35.5. The molecule has 3 nitrogen and oxygen atoms in total. The summed E-state index contributed by atoms with van der Waals surface area (Å²) in [6.45, 7) is 0.868. The number of hydrogen-bond acceptors (Lipinski definition) is 3. The largest absolute Gasteiger partial charge is 0.315 e. The Morgan fingerprint density at radius 1 is 1.73 bits per heavy atom. The molecule has 0 radical (unpaired) electrons. The van der Waals surface area contributed by atoms with Crippen molar-refractivity contribution < 1.29 is 0 Å². The smallest absolute Gasteiger partial charge is 0.225 e. The number of allylic oxidation sites excluding steroid dienone is 1. The van der Waals surface area contributed by atoms with E-state index < -0.39 is 0 Å². The molecule has 1 atom stereocenters. The molecule has 0 aromatic rings. The van der Waals surface area contributed by atoms with Crippen LogP contribution in [0.5, 0.6) is 0 Å². The number of nitrogens with zero attached hydrogens (tertiary/aromatic N) is 3. The zero-order chi connectivity index (χ0) is 7.68. The fourth-order valence-corrected chi connectivity index (χ4v) is 1.32. The second-order valence-electron chi connectivity index (χ2n) is 2.51. The highest BCUT2D eigenvalue weighted by molar-refractivity contribution is 6.18. The van der Waals surface area contributed by atoms with Crippen LogP contribution in [0, 0.1) is 0 Å². The molecule has 1 unspecified atom stereocenters. The molecule has 2 aliphatic rings. The van der Waals surface area contributed by atoms with Crippen molar-refractivity contribution in [3.8, 4) is 0 Å². The summed E-state index contributed by atoms with van der Waals surface area (Å²) in [5.74, 6) is 1.36. The van der Waals surface area contributed by atoms with Crippen LogP contribution in [-0.4, -0.2) is 35.5 Å². The van der Waals surface area contributed by atoms with E-state index in [9.17, 15) is 0 Å². The lowest BCUT2D eigenvalue weighted by Gasteiger charge is -2.13. The molecule has 11 heavy (non-hydrogen) atoms. The van der Waals surface area contributed by atoms with E-state index in [0.29, 0.717) is 5.88 Å². The average molecular weight is 170 g/mol. The van der Waals surface area contributed by atoms with E-state index in [2.05, 4.69) is 9.98 Å². The number of aliphatic imine (C=N–C) groups is 2. The van der Waals surface area contributed by atoms with Crippen LogP contribution in [0.3, 0.4) is 0 Å². The maximum Gasteiger partial charge on any atom is 0.225 e. The number of rotatable bonds is 1. The van der Waals surface area contributed by atoms with E-state index in [1.165, 1.54) is 0 Å². The zero-order valence-electron chi connectivity index (χ0n) is 5.94. The molecule has 2 rings (SSSR count). The molecule has 0 saturated carbocycles. The second kappa shape index (κ2) is 2.66. The Labute approximate surface area is 70.1 Å². The van der Waals surface area contributed by atoms with Gasteiger partial charge in [-0.2, -0.15) is 0 Å². The van der Waals surface area contributed by atoms with Crippen molar-refractivity contribution in [2.45, 2.75) is 6.04 Å². The van der Waals surface area contributed by atoms with Crippen molar-refractivity contribution >= 4 is 23.8 Å². The summed E-state index contributed by atoms with van der Waals surface area (Å²) in [5, 5.41) is 0. The van der Waals surface area contributed by atoms with Gasteiger partial charge in [-0.15, -0.1) is 11.6 Å². The van der Waals surface area contributed by atoms with E-state index in [0.717, 1.165) is 12.5 Å². The minimum Gasteiger partial charge on any atom is -0.315 e. The third-order valence-corrected chi connectivity index (χ3v) is 2.04. The number of fused-ring (bicyclic) bond motifs is 1. The first kappa shape index (κ1) is 6.85. The second-order valence-corrected chi connectivity index (χ2v) is 2.82. The van der Waals surface area contributed by atoms with Crippen LogP contribution < -0.4 is 0 Å². The van der Waals surface area contributed by atoms with E-state index in [1.807, 2.05) is 17.2 Å². The molecule has 2 aliphatic heterocycles. The first-order valence-corrected chi connectivity index (χ1v) is 4.05. The highest BCUT2D eigenvalue weighted by Crippen LogP contribution is 2.13. The normalized spacial score (nSPS) is 27.2. The van der Waals surface area contributed by atoms with Gasteiger partial charge in [-0.3, -0.25) is 0 Å². The molecular weight excluding hydrogens is 162 g/mol. The van der Waals surface area contributed by atoms with Crippen LogP contribution in [-0.2, 0) is 0 Å². The first-order chi connectivity index (χ1) is 5.40. The predicted molar refractivity (Wildman–Crippen MR) is 46.3 cm³/mol. The van der Waals surface area contributed by atoms with Gasteiger partial charge in [0.25, 0.3) is 0 Å². The number of alkyl halides is 1. The Morgan fingerprint density at radius 3 is 3.36 bits per heavy atom. The van der Waals surface area contributed by atoms with Crippen molar-refractivity contribution in [1.82, 2.24) is 4.90 Å². The van der Waals surface area contributed by atoms with Crippen molar-refractivity contribution in [3.63, 3.8) is 0 Å². The molecule has 58 valence electrons. The Bertz CT molecular complexity index is 244. The van der Waals surface area contributed by atoms with Crippen LogP contribution in [0.15, 0.2) is 22.3 Å². The van der Waals surface area contributed by atoms with Gasteiger partial charge < -0.3 is 4.90 Å². The fraction of sp³-hybridized carbons (Fsp3) is 0.429. The fourth-order valence-electron chi connectivity index (χ4n) is 1.16. The summed E-state index contributed by atoms with van der Waals surface area (Å²) < 4.78 is 0. The summed E-state index contributed by atoms with van der Waals surface area (Å²) in [4.78, 5) is 10.4. The van der Waals surface area contributed by atoms with Crippen LogP contribution in [0.25, 0.3) is 0 Å². The lowest BCUT2D eigenvalue weighted by molar-refractivity contribution is 0.555. The monoisotopic (exact) mass is 169 g/mol. The molecule has 0 aromatic carbocycles. The maximum absolute atomic E-state index is 5.66. The van der Waals surface area contributed by atoms with Crippen LogP contribution >= 0.6 is 11.6 Å². The summed E-state index contributed by atoms with van der Waals surface area (Å²) in [6, 6.07) is 0.214. The molecule has 0 fully saturated rings. The van der Waals surface area contributed by atoms with Gasteiger partial charge in [0, 0.05) is 24.8 Å². The van der Waals surface area contributed by atoms with Gasteiger partial charge in [0.1, 0.15) is 0 Å². The molecule has 4 heteroatoms. The van der Waals surface area contributed by atoms with E-state index in [4.69, 9.17) is 11.6 Å². The predicted octanol–water partition coefficient (Wildman–Crippen LogP) is 0.864. The van der Waals surface area contributed by atoms with Gasteiger partial charge in [-0.05, 0) is 6.08 Å². The van der Waals surface area contributed by atoms with Gasteiger partial charge in [-0.25, -0.2) is 9.98 Å². The average Bonchev–Trinajstić information content (AvgIpc) is 2.46. The van der Waals surface area contributed by atoms with E-state index >= 15 is 0 Å². The lowest BCUT2D eigenvalue weighted by atomic mass is 10.3. The summed E-state index contributed by atoms with van der Waals surface area (Å²) >= 11 is 5.66. The molecule has 0 aromatic heterocycles. The molecule has 0 amide bonds. The zero-order valence-corrected chi connectivity index (χ0v) is 6.70. The van der Waals surface area contributed by atoms with Crippen molar-refractivity contribution in [3.05, 3.63) is 12.3 Å². The van der Waals surface area contributed by atoms with E-state index in [-0.39, 0.29) is 6.04 Å². The standard InChI is InChI=1S/C7H8ClN3/c8-4-6-5-11-3-1-2-9-7(11)10-6/h1-3,6H,4-5H2. The molecular formula is C7H8ClN3. The van der Waals surface area contributed by atoms with Crippen LogP contribution in [0.4, 0.5) is 0 Å². The summed E-state index contributed by atoms with van der Waals surface area (Å²) in [5.41, 5.74) is 0. The maximum atomic E-state index is 5.66. The topological polar surface area (TPSA) is 28.0 Å². The van der Waals surface area contributed by atoms with Crippen molar-refractivity contribution in [2.75, 3.05) is 12.4 Å². The minimum atomic E-state index is 0.214. The molecule has 2 heterocycles. The summed E-state index contributed by atoms with van der Waals surface area (Å²) in [7, 11) is 0. The van der Waals surface area contributed by atoms with Gasteiger partial charge in [0.05, 0.1) is 6.04 Å². The number of hydrogen-bond donors (Lipinski definition) is 0. The van der Waals surface area contributed by atoms with Crippen molar-refractivity contribution in [2.24, 2.45) is 9.98 Å². The lowest BCUT2D eigenvalue weighted by Crippen LogP contribution is -2.24. The van der Waals surface area contributed by atoms with Gasteiger partial charge in [-0.1, -0.05) is 0 Å². The van der Waals surface area contributed by atoms with Gasteiger partial charge in [0.15, 0.2) is 0 Å². The molecule has 0 bridgehead atoms. The van der Waals surface area contributed by atoms with E-state index in [1.54, 1.807) is 6.21 Å². The number of halogens is 1. The summed E-state index contributed by atoms with van der Waals surface area (Å²) in [6.07, 6.45) is 5.61. The molecule has 0 aliphatic carbocycles. The third-order valence-electron chi connectivity index (χ3n) is 1.68. The Balaban J connectivity index is 2.19. The Kier molecular flexibility index (Phi) is 1.66. The quantitative estimate of drug-likeness (QED) is 0.536. The third kappa shape index (κ3) is 1.16. The van der Waals surface area contributed by atoms with Gasteiger partial charge >= 0.3 is 0 Å². The first-order valence-electron chi connectivity index (χ1n) is 3.51. The van der Waals surface area contributed by atoms with Crippen LogP contribution in [0.2, 0.25) is 0 Å². The Hall–Kier alpha value is -0.830. The highest BCUT2D eigenvalue weighted by Gasteiger charge is 2.22. The van der Waals surface area contributed by atoms with Crippen LogP contribution in [0.1, 0.15) is 0 Å². The molecule has 0 spiro atoms. The molecule has 0 saturated heterocycles. The SMILES string of the molecule is ClCC1CN2C=CC=NC2=N1. The minimum absolute atomic E-state index is 0.214.